The molecule has 1 aromatic heterocycles. The van der Waals surface area contributed by atoms with Gasteiger partial charge in [0.25, 0.3) is 0 Å². The molecular weight excluding hydrogens is 214 g/mol. The Morgan fingerprint density at radius 3 is 2.82 bits per heavy atom. The Morgan fingerprint density at radius 2 is 2.24 bits per heavy atom. The first-order valence-corrected chi connectivity index (χ1v) is 6.53. The van der Waals surface area contributed by atoms with Crippen molar-refractivity contribution in [3.8, 4) is 5.88 Å². The second-order valence-corrected chi connectivity index (χ2v) is 4.56. The van der Waals surface area contributed by atoms with E-state index in [2.05, 4.69) is 22.2 Å². The first-order chi connectivity index (χ1) is 8.38. The quantitative estimate of drug-likeness (QED) is 0.786. The van der Waals surface area contributed by atoms with E-state index in [0.29, 0.717) is 5.88 Å². The predicted octanol–water partition coefficient (Wildman–Crippen LogP) is 2.16. The lowest BCUT2D eigenvalue weighted by molar-refractivity contribution is 0.216. The lowest BCUT2D eigenvalue weighted by atomic mass is 9.83. The maximum atomic E-state index is 5.58. The van der Waals surface area contributed by atoms with E-state index in [1.165, 1.54) is 19.3 Å². The van der Waals surface area contributed by atoms with E-state index in [9.17, 15) is 0 Å². The molecule has 0 atom stereocenters. The molecular formula is C13H21N3O. The highest BCUT2D eigenvalue weighted by Crippen LogP contribution is 2.29. The van der Waals surface area contributed by atoms with Crippen molar-refractivity contribution in [3.05, 3.63) is 18.1 Å². The van der Waals surface area contributed by atoms with Crippen LogP contribution in [0.2, 0.25) is 0 Å². The Labute approximate surface area is 103 Å². The van der Waals surface area contributed by atoms with Gasteiger partial charge in [0.15, 0.2) is 0 Å². The zero-order valence-electron chi connectivity index (χ0n) is 10.5. The summed E-state index contributed by atoms with van der Waals surface area (Å²) in [5.74, 6) is 1.53. The summed E-state index contributed by atoms with van der Waals surface area (Å²) in [6.45, 7) is 4.56. The SMILES string of the molecule is CCNCc1cnc(OCCC2CCC2)cn1. The van der Waals surface area contributed by atoms with Crippen LogP contribution in [0.5, 0.6) is 5.88 Å². The van der Waals surface area contributed by atoms with E-state index in [1.807, 2.05) is 0 Å². The average Bonchev–Trinajstić information content (AvgIpc) is 2.31. The van der Waals surface area contributed by atoms with Gasteiger partial charge in [0.05, 0.1) is 24.7 Å². The standard InChI is InChI=1S/C13H21N3O/c1-2-14-8-12-9-16-13(10-15-12)17-7-6-11-4-3-5-11/h9-11,14H,2-8H2,1H3. The van der Waals surface area contributed by atoms with E-state index < -0.39 is 0 Å². The number of ether oxygens (including phenoxy) is 1. The molecule has 1 aliphatic rings. The van der Waals surface area contributed by atoms with E-state index in [0.717, 1.165) is 37.7 Å². The first kappa shape index (κ1) is 12.3. The van der Waals surface area contributed by atoms with Gasteiger partial charge in [-0.15, -0.1) is 0 Å². The number of rotatable bonds is 7. The number of hydrogen-bond acceptors (Lipinski definition) is 4. The molecule has 4 nitrogen and oxygen atoms in total. The number of aromatic nitrogens is 2. The summed E-state index contributed by atoms with van der Waals surface area (Å²) in [5, 5.41) is 3.21. The van der Waals surface area contributed by atoms with E-state index in [1.54, 1.807) is 12.4 Å². The van der Waals surface area contributed by atoms with Crippen molar-refractivity contribution < 1.29 is 4.74 Å². The molecule has 2 rings (SSSR count). The molecule has 0 aliphatic heterocycles. The van der Waals surface area contributed by atoms with Gasteiger partial charge in [-0.05, 0) is 18.9 Å². The van der Waals surface area contributed by atoms with Crippen molar-refractivity contribution in [1.29, 1.82) is 0 Å². The number of nitrogens with one attached hydrogen (secondary N) is 1. The Balaban J connectivity index is 1.69. The van der Waals surface area contributed by atoms with Crippen molar-refractivity contribution in [2.45, 2.75) is 39.2 Å². The number of hydrogen-bond donors (Lipinski definition) is 1. The molecule has 0 radical (unpaired) electrons. The maximum absolute atomic E-state index is 5.58. The third-order valence-electron chi connectivity index (χ3n) is 3.24. The molecule has 1 fully saturated rings. The molecule has 1 N–H and O–H groups in total. The molecule has 94 valence electrons. The summed E-state index contributed by atoms with van der Waals surface area (Å²) in [7, 11) is 0. The summed E-state index contributed by atoms with van der Waals surface area (Å²) in [6, 6.07) is 0. The molecule has 1 aromatic rings. The van der Waals surface area contributed by atoms with Crippen molar-refractivity contribution in [1.82, 2.24) is 15.3 Å². The minimum Gasteiger partial charge on any atom is -0.477 e. The molecule has 4 heteroatoms. The van der Waals surface area contributed by atoms with E-state index in [-0.39, 0.29) is 0 Å². The highest BCUT2D eigenvalue weighted by Gasteiger charge is 2.16. The molecule has 1 heterocycles. The highest BCUT2D eigenvalue weighted by atomic mass is 16.5. The van der Waals surface area contributed by atoms with E-state index >= 15 is 0 Å². The van der Waals surface area contributed by atoms with Crippen LogP contribution in [-0.2, 0) is 6.54 Å². The predicted molar refractivity (Wildman–Crippen MR) is 66.9 cm³/mol. The van der Waals surface area contributed by atoms with Crippen molar-refractivity contribution >= 4 is 0 Å². The van der Waals surface area contributed by atoms with Gasteiger partial charge in [-0.25, -0.2) is 4.98 Å². The zero-order chi connectivity index (χ0) is 11.9. The Morgan fingerprint density at radius 1 is 1.35 bits per heavy atom. The minimum atomic E-state index is 0.643. The summed E-state index contributed by atoms with van der Waals surface area (Å²) in [4.78, 5) is 8.55. The van der Waals surface area contributed by atoms with Gasteiger partial charge < -0.3 is 10.1 Å². The molecule has 0 unspecified atom stereocenters. The fraction of sp³-hybridized carbons (Fsp3) is 0.692. The third-order valence-corrected chi connectivity index (χ3v) is 3.24. The summed E-state index contributed by atoms with van der Waals surface area (Å²) in [6.07, 6.45) is 8.78. The van der Waals surface area contributed by atoms with Gasteiger partial charge in [0, 0.05) is 6.54 Å². The lowest BCUT2D eigenvalue weighted by Crippen LogP contribution is -2.15. The molecule has 0 bridgehead atoms. The van der Waals surface area contributed by atoms with Gasteiger partial charge >= 0.3 is 0 Å². The molecule has 0 amide bonds. The maximum Gasteiger partial charge on any atom is 0.232 e. The van der Waals surface area contributed by atoms with Crippen LogP contribution in [0.3, 0.4) is 0 Å². The summed E-state index contributed by atoms with van der Waals surface area (Å²) >= 11 is 0. The Kier molecular flexibility index (Phi) is 4.74. The Hall–Kier alpha value is -1.16. The monoisotopic (exact) mass is 235 g/mol. The molecule has 17 heavy (non-hydrogen) atoms. The van der Waals surface area contributed by atoms with Crippen LogP contribution >= 0.6 is 0 Å². The second-order valence-electron chi connectivity index (χ2n) is 4.56. The largest absolute Gasteiger partial charge is 0.477 e. The molecule has 0 spiro atoms. The van der Waals surface area contributed by atoms with Gasteiger partial charge in [0.2, 0.25) is 5.88 Å². The van der Waals surface area contributed by atoms with Crippen molar-refractivity contribution in [2.24, 2.45) is 5.92 Å². The van der Waals surface area contributed by atoms with Crippen LogP contribution in [0.1, 0.15) is 38.3 Å². The van der Waals surface area contributed by atoms with Crippen LogP contribution in [-0.4, -0.2) is 23.1 Å². The topological polar surface area (TPSA) is 47.0 Å². The van der Waals surface area contributed by atoms with Crippen LogP contribution < -0.4 is 10.1 Å². The normalized spacial score (nSPS) is 15.6. The van der Waals surface area contributed by atoms with Crippen LogP contribution in [0.25, 0.3) is 0 Å². The second kappa shape index (κ2) is 6.55. The smallest absolute Gasteiger partial charge is 0.232 e. The van der Waals surface area contributed by atoms with Gasteiger partial charge in [-0.1, -0.05) is 26.2 Å². The summed E-state index contributed by atoms with van der Waals surface area (Å²) in [5.41, 5.74) is 0.957. The van der Waals surface area contributed by atoms with Crippen LogP contribution in [0, 0.1) is 5.92 Å². The minimum absolute atomic E-state index is 0.643. The van der Waals surface area contributed by atoms with Crippen LogP contribution in [0.4, 0.5) is 0 Å². The zero-order valence-corrected chi connectivity index (χ0v) is 10.5. The lowest BCUT2D eigenvalue weighted by Gasteiger charge is -2.24. The highest BCUT2D eigenvalue weighted by molar-refractivity contribution is 5.07. The molecule has 1 aliphatic carbocycles. The first-order valence-electron chi connectivity index (χ1n) is 6.53. The van der Waals surface area contributed by atoms with Gasteiger partial charge in [-0.2, -0.15) is 0 Å². The number of nitrogens with zero attached hydrogens (tertiary/aromatic N) is 2. The molecule has 0 saturated heterocycles. The molecule has 0 aromatic carbocycles. The van der Waals surface area contributed by atoms with Crippen molar-refractivity contribution in [2.75, 3.05) is 13.2 Å². The van der Waals surface area contributed by atoms with Gasteiger partial charge in [0.1, 0.15) is 0 Å². The van der Waals surface area contributed by atoms with Crippen molar-refractivity contribution in [3.63, 3.8) is 0 Å². The third kappa shape index (κ3) is 3.97. The van der Waals surface area contributed by atoms with E-state index in [4.69, 9.17) is 4.74 Å². The molecule has 1 saturated carbocycles. The average molecular weight is 235 g/mol. The fourth-order valence-electron chi connectivity index (χ4n) is 1.87. The fourth-order valence-corrected chi connectivity index (χ4v) is 1.87. The van der Waals surface area contributed by atoms with Gasteiger partial charge in [-0.3, -0.25) is 4.98 Å². The Bertz CT molecular complexity index is 322. The summed E-state index contributed by atoms with van der Waals surface area (Å²) < 4.78 is 5.58. The van der Waals surface area contributed by atoms with Crippen LogP contribution in [0.15, 0.2) is 12.4 Å².